The van der Waals surface area contributed by atoms with E-state index in [0.717, 1.165) is 19.3 Å². The van der Waals surface area contributed by atoms with Gasteiger partial charge in [-0.15, -0.1) is 0 Å². The summed E-state index contributed by atoms with van der Waals surface area (Å²) in [5.74, 6) is -0.232. The average molecular weight is 170 g/mol. The van der Waals surface area contributed by atoms with Crippen LogP contribution in [0, 0.1) is 17.8 Å². The van der Waals surface area contributed by atoms with E-state index in [-0.39, 0.29) is 17.9 Å². The lowest BCUT2D eigenvalue weighted by Gasteiger charge is -2.24. The maximum Gasteiger partial charge on any atom is 0.306 e. The van der Waals surface area contributed by atoms with Crippen LogP contribution in [0.5, 0.6) is 0 Å². The molecule has 2 bridgehead atoms. The summed E-state index contributed by atoms with van der Waals surface area (Å²) < 4.78 is 0. The molecule has 0 radical (unpaired) electrons. The molecule has 2 aliphatic rings. The minimum atomic E-state index is -0.670. The topological polar surface area (TPSA) is 57.5 Å². The highest BCUT2D eigenvalue weighted by molar-refractivity contribution is 5.70. The number of aliphatic hydroxyl groups is 1. The van der Waals surface area contributed by atoms with Gasteiger partial charge in [0.25, 0.3) is 0 Å². The standard InChI is InChI=1S/C9H14O3/c10-8-2-1-5-3-6(8)4-7(5)9(11)12/h5-8,10H,1-4H2,(H,11,12)/t5-,6+,7+,8+/m0/s1. The van der Waals surface area contributed by atoms with E-state index in [1.165, 1.54) is 0 Å². The van der Waals surface area contributed by atoms with Crippen LogP contribution in [-0.4, -0.2) is 22.3 Å². The van der Waals surface area contributed by atoms with E-state index in [1.54, 1.807) is 0 Å². The van der Waals surface area contributed by atoms with Gasteiger partial charge in [0.15, 0.2) is 0 Å². The van der Waals surface area contributed by atoms with Crippen molar-refractivity contribution >= 4 is 5.97 Å². The van der Waals surface area contributed by atoms with Crippen molar-refractivity contribution in [3.8, 4) is 0 Å². The van der Waals surface area contributed by atoms with Crippen molar-refractivity contribution in [2.75, 3.05) is 0 Å². The maximum absolute atomic E-state index is 10.8. The van der Waals surface area contributed by atoms with Crippen molar-refractivity contribution in [3.05, 3.63) is 0 Å². The predicted octanol–water partition coefficient (Wildman–Crippen LogP) is 0.868. The number of carbonyl (C=O) groups is 1. The Bertz CT molecular complexity index is 202. The molecule has 3 nitrogen and oxygen atoms in total. The largest absolute Gasteiger partial charge is 0.481 e. The van der Waals surface area contributed by atoms with Gasteiger partial charge in [0.2, 0.25) is 0 Å². The minimum absolute atomic E-state index is 0.174. The first-order valence-corrected chi connectivity index (χ1v) is 4.59. The van der Waals surface area contributed by atoms with E-state index in [4.69, 9.17) is 5.11 Å². The van der Waals surface area contributed by atoms with Gasteiger partial charge in [0.05, 0.1) is 12.0 Å². The number of rotatable bonds is 1. The molecule has 0 unspecified atom stereocenters. The molecule has 0 saturated heterocycles. The van der Waals surface area contributed by atoms with Crippen LogP contribution in [0.1, 0.15) is 25.7 Å². The predicted molar refractivity (Wildman–Crippen MR) is 42.6 cm³/mol. The van der Waals surface area contributed by atoms with Crippen molar-refractivity contribution in [2.45, 2.75) is 31.8 Å². The molecule has 0 amide bonds. The molecule has 0 spiro atoms. The van der Waals surface area contributed by atoms with Gasteiger partial charge in [0.1, 0.15) is 0 Å². The van der Waals surface area contributed by atoms with Gasteiger partial charge >= 0.3 is 5.97 Å². The van der Waals surface area contributed by atoms with Gasteiger partial charge in [-0.25, -0.2) is 0 Å². The summed E-state index contributed by atoms with van der Waals surface area (Å²) in [5, 5.41) is 18.4. The molecule has 2 rings (SSSR count). The van der Waals surface area contributed by atoms with E-state index in [9.17, 15) is 9.90 Å². The number of hydrogen-bond donors (Lipinski definition) is 2. The van der Waals surface area contributed by atoms with Crippen molar-refractivity contribution in [3.63, 3.8) is 0 Å². The molecule has 0 aromatic carbocycles. The zero-order valence-electron chi connectivity index (χ0n) is 6.94. The SMILES string of the molecule is O=C(O)[C@@H]1C[C@H]2C[C@@H]1CC[C@H]2O. The Balaban J connectivity index is 2.10. The normalized spacial score (nSPS) is 46.1. The van der Waals surface area contributed by atoms with Crippen LogP contribution in [0.25, 0.3) is 0 Å². The summed E-state index contributed by atoms with van der Waals surface area (Å²) in [4.78, 5) is 10.8. The van der Waals surface area contributed by atoms with Crippen LogP contribution in [0.2, 0.25) is 0 Å². The lowest BCUT2D eigenvalue weighted by Crippen LogP contribution is -2.23. The summed E-state index contributed by atoms with van der Waals surface area (Å²) in [6, 6.07) is 0. The number of carboxylic acid groups (broad SMARTS) is 1. The molecular formula is C9H14O3. The summed E-state index contributed by atoms with van der Waals surface area (Å²) in [7, 11) is 0. The summed E-state index contributed by atoms with van der Waals surface area (Å²) in [6.07, 6.45) is 3.10. The van der Waals surface area contributed by atoms with Crippen LogP contribution in [0.3, 0.4) is 0 Å². The van der Waals surface area contributed by atoms with Crippen LogP contribution in [0.15, 0.2) is 0 Å². The molecule has 2 saturated carbocycles. The smallest absolute Gasteiger partial charge is 0.306 e. The third-order valence-corrected chi connectivity index (χ3v) is 3.43. The maximum atomic E-state index is 10.8. The Morgan fingerprint density at radius 3 is 2.50 bits per heavy atom. The van der Waals surface area contributed by atoms with Crippen LogP contribution in [-0.2, 0) is 4.79 Å². The molecule has 2 N–H and O–H groups in total. The van der Waals surface area contributed by atoms with Gasteiger partial charge in [-0.2, -0.15) is 0 Å². The lowest BCUT2D eigenvalue weighted by molar-refractivity contribution is -0.142. The van der Waals surface area contributed by atoms with Crippen molar-refractivity contribution in [2.24, 2.45) is 17.8 Å². The van der Waals surface area contributed by atoms with E-state index < -0.39 is 5.97 Å². The molecule has 0 aromatic heterocycles. The number of aliphatic hydroxyl groups excluding tert-OH is 1. The fourth-order valence-corrected chi connectivity index (χ4v) is 2.72. The van der Waals surface area contributed by atoms with Crippen molar-refractivity contribution in [1.29, 1.82) is 0 Å². The van der Waals surface area contributed by atoms with Gasteiger partial charge in [-0.3, -0.25) is 4.79 Å². The molecular weight excluding hydrogens is 156 g/mol. The molecule has 0 aromatic rings. The second kappa shape index (κ2) is 2.73. The lowest BCUT2D eigenvalue weighted by atomic mass is 9.85. The molecule has 3 heteroatoms. The first-order chi connectivity index (χ1) is 5.68. The number of carboxylic acids is 1. The molecule has 68 valence electrons. The Labute approximate surface area is 71.4 Å². The summed E-state index contributed by atoms with van der Waals surface area (Å²) >= 11 is 0. The monoisotopic (exact) mass is 170 g/mol. The number of hydrogen-bond acceptors (Lipinski definition) is 2. The second-order valence-corrected chi connectivity index (χ2v) is 4.08. The molecule has 0 aliphatic heterocycles. The molecule has 4 atom stereocenters. The molecule has 12 heavy (non-hydrogen) atoms. The van der Waals surface area contributed by atoms with Gasteiger partial charge in [-0.05, 0) is 37.5 Å². The Hall–Kier alpha value is -0.570. The first-order valence-electron chi connectivity index (χ1n) is 4.59. The highest BCUT2D eigenvalue weighted by Gasteiger charge is 2.44. The third-order valence-electron chi connectivity index (χ3n) is 3.43. The second-order valence-electron chi connectivity index (χ2n) is 4.08. The third kappa shape index (κ3) is 1.12. The van der Waals surface area contributed by atoms with Crippen molar-refractivity contribution in [1.82, 2.24) is 0 Å². The Morgan fingerprint density at radius 1 is 1.17 bits per heavy atom. The first kappa shape index (κ1) is 8.05. The van der Waals surface area contributed by atoms with Gasteiger partial charge in [0, 0.05) is 0 Å². The summed E-state index contributed by atoms with van der Waals surface area (Å²) in [6.45, 7) is 0. The van der Waals surface area contributed by atoms with Gasteiger partial charge in [-0.1, -0.05) is 0 Å². The fraction of sp³-hybridized carbons (Fsp3) is 0.889. The zero-order chi connectivity index (χ0) is 8.72. The molecule has 2 fully saturated rings. The van der Waals surface area contributed by atoms with Gasteiger partial charge < -0.3 is 10.2 Å². The van der Waals surface area contributed by atoms with Crippen LogP contribution < -0.4 is 0 Å². The Morgan fingerprint density at radius 2 is 1.92 bits per heavy atom. The summed E-state index contributed by atoms with van der Waals surface area (Å²) in [5.41, 5.74) is 0. The zero-order valence-corrected chi connectivity index (χ0v) is 6.94. The fourth-order valence-electron chi connectivity index (χ4n) is 2.72. The quantitative estimate of drug-likeness (QED) is 0.614. The van der Waals surface area contributed by atoms with Crippen LogP contribution in [0.4, 0.5) is 0 Å². The average Bonchev–Trinajstić information content (AvgIpc) is 2.37. The Kier molecular flexibility index (Phi) is 1.83. The number of fused-ring (bicyclic) bond motifs is 2. The van der Waals surface area contributed by atoms with Crippen molar-refractivity contribution < 1.29 is 15.0 Å². The van der Waals surface area contributed by atoms with E-state index >= 15 is 0 Å². The highest BCUT2D eigenvalue weighted by Crippen LogP contribution is 2.45. The molecule has 2 aliphatic carbocycles. The van der Waals surface area contributed by atoms with E-state index in [0.29, 0.717) is 12.3 Å². The highest BCUT2D eigenvalue weighted by atomic mass is 16.4. The minimum Gasteiger partial charge on any atom is -0.481 e. The van der Waals surface area contributed by atoms with E-state index in [2.05, 4.69) is 0 Å². The van der Waals surface area contributed by atoms with E-state index in [1.807, 2.05) is 0 Å². The molecule has 0 heterocycles. The van der Waals surface area contributed by atoms with Crippen LogP contribution >= 0.6 is 0 Å². The number of aliphatic carboxylic acids is 1.